The van der Waals surface area contributed by atoms with Crippen molar-refractivity contribution in [2.45, 2.75) is 26.0 Å². The minimum absolute atomic E-state index is 0.0271. The van der Waals surface area contributed by atoms with Crippen LogP contribution in [0.4, 0.5) is 14.5 Å². The number of methoxy groups -OCH3 is 1. The fraction of sp³-hybridized carbons (Fsp3) is 0.278. The Morgan fingerprint density at radius 2 is 1.93 bits per heavy atom. The van der Waals surface area contributed by atoms with Gasteiger partial charge < -0.3 is 14.8 Å². The lowest BCUT2D eigenvalue weighted by Gasteiger charge is -2.20. The quantitative estimate of drug-likeness (QED) is 0.550. The SMILES string of the molecule is CCC(NC(=O)c1ccc(OC)c([N+](=O)[O-])c1)c1ccccc1OC(F)F. The number of alkyl halides is 2. The fourth-order valence-electron chi connectivity index (χ4n) is 2.59. The number of amides is 1. The van der Waals surface area contributed by atoms with Crippen LogP contribution in [0.1, 0.15) is 35.3 Å². The molecule has 27 heavy (non-hydrogen) atoms. The molecule has 0 saturated heterocycles. The molecule has 0 saturated carbocycles. The Morgan fingerprint density at radius 1 is 1.22 bits per heavy atom. The average Bonchev–Trinajstić information content (AvgIpc) is 2.65. The van der Waals surface area contributed by atoms with E-state index in [1.165, 1.54) is 25.3 Å². The summed E-state index contributed by atoms with van der Waals surface area (Å²) in [6.07, 6.45) is 0.396. The summed E-state index contributed by atoms with van der Waals surface area (Å²) in [5.74, 6) is -0.598. The Morgan fingerprint density at radius 3 is 2.52 bits per heavy atom. The van der Waals surface area contributed by atoms with Gasteiger partial charge in [0.1, 0.15) is 5.75 Å². The number of hydrogen-bond acceptors (Lipinski definition) is 5. The summed E-state index contributed by atoms with van der Waals surface area (Å²) in [4.78, 5) is 23.0. The molecule has 1 amide bonds. The number of carbonyl (C=O) groups is 1. The summed E-state index contributed by atoms with van der Waals surface area (Å²) in [5.41, 5.74) is 0.0875. The highest BCUT2D eigenvalue weighted by Gasteiger charge is 2.22. The molecule has 0 heterocycles. The normalized spacial score (nSPS) is 11.7. The molecule has 7 nitrogen and oxygen atoms in total. The van der Waals surface area contributed by atoms with E-state index in [9.17, 15) is 23.7 Å². The lowest BCUT2D eigenvalue weighted by Crippen LogP contribution is -2.28. The number of ether oxygens (including phenoxy) is 2. The number of nitrogens with one attached hydrogen (secondary N) is 1. The third-order valence-corrected chi connectivity index (χ3v) is 3.86. The van der Waals surface area contributed by atoms with Gasteiger partial charge in [0.05, 0.1) is 18.1 Å². The predicted octanol–water partition coefficient (Wildman–Crippen LogP) is 4.09. The molecule has 1 atom stereocenters. The molecule has 1 N–H and O–H groups in total. The van der Waals surface area contributed by atoms with E-state index in [-0.39, 0.29) is 22.7 Å². The summed E-state index contributed by atoms with van der Waals surface area (Å²) in [7, 11) is 1.29. The monoisotopic (exact) mass is 380 g/mol. The summed E-state index contributed by atoms with van der Waals surface area (Å²) in [6, 6.07) is 9.33. The third-order valence-electron chi connectivity index (χ3n) is 3.86. The van der Waals surface area contributed by atoms with Gasteiger partial charge in [-0.25, -0.2) is 0 Å². The van der Waals surface area contributed by atoms with Crippen LogP contribution in [0.2, 0.25) is 0 Å². The Hall–Kier alpha value is -3.23. The van der Waals surface area contributed by atoms with Crippen molar-refractivity contribution in [2.24, 2.45) is 0 Å². The van der Waals surface area contributed by atoms with E-state index in [0.29, 0.717) is 12.0 Å². The molecule has 0 radical (unpaired) electrons. The molecule has 1 unspecified atom stereocenters. The standard InChI is InChI=1S/C18H18F2N2O5/c1-3-13(12-6-4-5-7-15(12)27-18(19)20)21-17(23)11-8-9-16(26-2)14(10-11)22(24)25/h4-10,13,18H,3H2,1-2H3,(H,21,23). The van der Waals surface area contributed by atoms with Crippen LogP contribution >= 0.6 is 0 Å². The van der Waals surface area contributed by atoms with E-state index in [1.54, 1.807) is 25.1 Å². The van der Waals surface area contributed by atoms with E-state index in [1.807, 2.05) is 0 Å². The molecular weight excluding hydrogens is 362 g/mol. The van der Waals surface area contributed by atoms with Crippen molar-refractivity contribution < 1.29 is 28.0 Å². The highest BCUT2D eigenvalue weighted by atomic mass is 19.3. The number of nitro groups is 1. The van der Waals surface area contributed by atoms with E-state index < -0.39 is 23.5 Å². The number of nitrogens with zero attached hydrogens (tertiary/aromatic N) is 1. The second-order valence-corrected chi connectivity index (χ2v) is 5.49. The number of nitro benzene ring substituents is 1. The molecule has 9 heteroatoms. The van der Waals surface area contributed by atoms with Crippen LogP contribution in [0.25, 0.3) is 0 Å². The first-order valence-corrected chi connectivity index (χ1v) is 8.04. The number of hydrogen-bond donors (Lipinski definition) is 1. The van der Waals surface area contributed by atoms with Gasteiger partial charge in [-0.1, -0.05) is 25.1 Å². The first-order chi connectivity index (χ1) is 12.9. The summed E-state index contributed by atoms with van der Waals surface area (Å²) in [5, 5.41) is 13.8. The van der Waals surface area contributed by atoms with E-state index in [4.69, 9.17) is 4.74 Å². The van der Waals surface area contributed by atoms with Crippen LogP contribution in [0.15, 0.2) is 42.5 Å². The number of rotatable bonds is 8. The van der Waals surface area contributed by atoms with Gasteiger partial charge in [0.2, 0.25) is 0 Å². The molecule has 0 aliphatic rings. The zero-order chi connectivity index (χ0) is 20.0. The molecule has 0 aliphatic heterocycles. The first kappa shape index (κ1) is 20.1. The largest absolute Gasteiger partial charge is 0.490 e. The maximum absolute atomic E-state index is 12.6. The molecule has 0 aromatic heterocycles. The average molecular weight is 380 g/mol. The van der Waals surface area contributed by atoms with Crippen LogP contribution in [0.5, 0.6) is 11.5 Å². The van der Waals surface area contributed by atoms with Gasteiger partial charge in [0, 0.05) is 17.2 Å². The van der Waals surface area contributed by atoms with Crippen molar-refractivity contribution in [3.63, 3.8) is 0 Å². The molecule has 0 spiro atoms. The smallest absolute Gasteiger partial charge is 0.387 e. The van der Waals surface area contributed by atoms with E-state index in [2.05, 4.69) is 10.1 Å². The summed E-state index contributed by atoms with van der Waals surface area (Å²) < 4.78 is 34.6. The van der Waals surface area contributed by atoms with Crippen molar-refractivity contribution in [3.05, 3.63) is 63.7 Å². The van der Waals surface area contributed by atoms with Crippen molar-refractivity contribution in [2.75, 3.05) is 7.11 Å². The Bertz CT molecular complexity index is 829. The van der Waals surface area contributed by atoms with Gasteiger partial charge in [0.15, 0.2) is 5.75 Å². The maximum atomic E-state index is 12.6. The van der Waals surface area contributed by atoms with Gasteiger partial charge in [0.25, 0.3) is 5.91 Å². The molecule has 2 rings (SSSR count). The second-order valence-electron chi connectivity index (χ2n) is 5.49. The molecule has 144 valence electrons. The summed E-state index contributed by atoms with van der Waals surface area (Å²) in [6.45, 7) is -1.23. The highest BCUT2D eigenvalue weighted by Crippen LogP contribution is 2.30. The van der Waals surface area contributed by atoms with Gasteiger partial charge in [-0.3, -0.25) is 14.9 Å². The predicted molar refractivity (Wildman–Crippen MR) is 93.2 cm³/mol. The second kappa shape index (κ2) is 8.93. The maximum Gasteiger partial charge on any atom is 0.387 e. The van der Waals surface area contributed by atoms with Crippen molar-refractivity contribution in [3.8, 4) is 11.5 Å². The zero-order valence-corrected chi connectivity index (χ0v) is 14.6. The fourth-order valence-corrected chi connectivity index (χ4v) is 2.59. The molecule has 0 bridgehead atoms. The van der Waals surface area contributed by atoms with Gasteiger partial charge in [-0.05, 0) is 24.6 Å². The van der Waals surface area contributed by atoms with Crippen LogP contribution in [0.3, 0.4) is 0 Å². The first-order valence-electron chi connectivity index (χ1n) is 8.04. The Kier molecular flexibility index (Phi) is 6.64. The Labute approximate surface area is 154 Å². The minimum atomic E-state index is -3.00. The highest BCUT2D eigenvalue weighted by molar-refractivity contribution is 5.95. The topological polar surface area (TPSA) is 90.7 Å². The molecule has 0 aliphatic carbocycles. The third kappa shape index (κ3) is 4.90. The zero-order valence-electron chi connectivity index (χ0n) is 14.6. The van der Waals surface area contributed by atoms with Crippen LogP contribution in [0, 0.1) is 10.1 Å². The van der Waals surface area contributed by atoms with Crippen molar-refractivity contribution >= 4 is 11.6 Å². The van der Waals surface area contributed by atoms with Crippen molar-refractivity contribution in [1.82, 2.24) is 5.32 Å². The number of para-hydroxylation sites is 1. The number of carbonyl (C=O) groups excluding carboxylic acids is 1. The lowest BCUT2D eigenvalue weighted by atomic mass is 10.0. The summed E-state index contributed by atoms with van der Waals surface area (Å²) >= 11 is 0. The van der Waals surface area contributed by atoms with Crippen molar-refractivity contribution in [1.29, 1.82) is 0 Å². The lowest BCUT2D eigenvalue weighted by molar-refractivity contribution is -0.385. The number of halogens is 2. The van der Waals surface area contributed by atoms with E-state index >= 15 is 0 Å². The molecule has 0 fully saturated rings. The van der Waals surface area contributed by atoms with Crippen LogP contribution in [-0.2, 0) is 0 Å². The van der Waals surface area contributed by atoms with Gasteiger partial charge in [-0.2, -0.15) is 8.78 Å². The van der Waals surface area contributed by atoms with E-state index in [0.717, 1.165) is 6.07 Å². The van der Waals surface area contributed by atoms with Gasteiger partial charge >= 0.3 is 12.3 Å². The molecular formula is C18H18F2N2O5. The minimum Gasteiger partial charge on any atom is -0.490 e. The molecule has 2 aromatic carbocycles. The van der Waals surface area contributed by atoms with Crippen LogP contribution < -0.4 is 14.8 Å². The molecule has 2 aromatic rings. The van der Waals surface area contributed by atoms with Gasteiger partial charge in [-0.15, -0.1) is 0 Å². The number of benzene rings is 2. The van der Waals surface area contributed by atoms with Crippen LogP contribution in [-0.4, -0.2) is 24.6 Å². The Balaban J connectivity index is 2.28.